The van der Waals surface area contributed by atoms with Crippen molar-refractivity contribution in [2.75, 3.05) is 21.1 Å². The molecule has 0 fully saturated rings. The molecule has 0 amide bonds. The van der Waals surface area contributed by atoms with Crippen LogP contribution in [0.1, 0.15) is 121 Å². The predicted molar refractivity (Wildman–Crippen MR) is 238 cm³/mol. The molecular weight excluding hydrogens is 661 g/mol. The van der Waals surface area contributed by atoms with Crippen molar-refractivity contribution in [2.45, 2.75) is 146 Å². The van der Waals surface area contributed by atoms with Crippen molar-refractivity contribution in [3.8, 4) is 0 Å². The Bertz CT molecular complexity index is 1350. The largest absolute Gasteiger partial charge is 0.379 e. The SMILES string of the molecule is C=C(/C=C(/C)CCC[C@H](C)[C@H](C)[C@@H](C)C(=C)N[C@@H](Cc1ccccc1)C(C)=O)CC(C)[C@H]([C@@H](C)CC)N(C)C(=C)[C@@H](NC(=C)[C@H](C(C)C)N(C)C)C(C)C. The van der Waals surface area contributed by atoms with E-state index in [1.807, 2.05) is 18.2 Å². The third kappa shape index (κ3) is 15.6. The molecule has 54 heavy (non-hydrogen) atoms. The van der Waals surface area contributed by atoms with Crippen molar-refractivity contribution >= 4 is 5.78 Å². The Kier molecular flexibility index (Phi) is 21.6. The molecule has 5 nitrogen and oxygen atoms in total. The summed E-state index contributed by atoms with van der Waals surface area (Å²) in [6.07, 6.45) is 8.45. The number of ketones is 1. The van der Waals surface area contributed by atoms with Crippen molar-refractivity contribution in [3.63, 3.8) is 0 Å². The van der Waals surface area contributed by atoms with Crippen molar-refractivity contribution < 1.29 is 4.79 Å². The van der Waals surface area contributed by atoms with Gasteiger partial charge in [0.25, 0.3) is 0 Å². The van der Waals surface area contributed by atoms with E-state index in [1.54, 1.807) is 6.92 Å². The Labute approximate surface area is 334 Å². The van der Waals surface area contributed by atoms with Crippen molar-refractivity contribution in [2.24, 2.45) is 41.4 Å². The topological polar surface area (TPSA) is 47.6 Å². The first-order valence-corrected chi connectivity index (χ1v) is 21.0. The fourth-order valence-electron chi connectivity index (χ4n) is 8.50. The average molecular weight is 745 g/mol. The first kappa shape index (κ1) is 49.0. The van der Waals surface area contributed by atoms with Crippen LogP contribution >= 0.6 is 0 Å². The van der Waals surface area contributed by atoms with E-state index in [0.717, 1.165) is 54.8 Å². The van der Waals surface area contributed by atoms with Gasteiger partial charge in [-0.15, -0.1) is 0 Å². The standard InChI is InChI=1S/C49H84N4O/c1-20-36(8)49(53(19)43(15)47(32(2)3)51-42(14)48(33(4)5)52(17)18)38(10)30-35(7)29-34(6)25-24-26-37(9)39(11)40(12)41(13)50-46(44(16)54)31-45-27-22-21-23-28-45/h21-23,27-29,32-33,36-40,46-51H,7,13-15,20,24-26,30-31H2,1-6,8-12,16-19H3/b34-29-/t36-,37-,38?,39-,40+,46-,47-,48-,49-/m0/s1. The van der Waals surface area contributed by atoms with Crippen LogP contribution < -0.4 is 10.6 Å². The number of Topliss-reactive ketones (excluding diaryl/α,β-unsaturated/α-hetero) is 1. The van der Waals surface area contributed by atoms with Gasteiger partial charge < -0.3 is 20.4 Å². The van der Waals surface area contributed by atoms with Crippen LogP contribution in [0.25, 0.3) is 0 Å². The molecule has 0 aliphatic carbocycles. The van der Waals surface area contributed by atoms with Crippen LogP contribution in [0.2, 0.25) is 0 Å². The maximum absolute atomic E-state index is 12.5. The van der Waals surface area contributed by atoms with Crippen LogP contribution in [0.15, 0.2) is 91.0 Å². The quantitative estimate of drug-likeness (QED) is 0.0879. The molecule has 0 bridgehead atoms. The van der Waals surface area contributed by atoms with Gasteiger partial charge >= 0.3 is 0 Å². The molecule has 0 radical (unpaired) electrons. The van der Waals surface area contributed by atoms with Crippen LogP contribution in [0, 0.1) is 41.4 Å². The van der Waals surface area contributed by atoms with Crippen LogP contribution in [0.4, 0.5) is 0 Å². The molecule has 0 saturated carbocycles. The van der Waals surface area contributed by atoms with Crippen molar-refractivity contribution in [3.05, 3.63) is 96.5 Å². The first-order chi connectivity index (χ1) is 25.1. The van der Waals surface area contributed by atoms with Crippen LogP contribution in [-0.4, -0.2) is 60.9 Å². The van der Waals surface area contributed by atoms with E-state index < -0.39 is 0 Å². The molecule has 0 heterocycles. The zero-order chi connectivity index (χ0) is 41.4. The molecule has 0 aliphatic heterocycles. The zero-order valence-electron chi connectivity index (χ0n) is 37.7. The van der Waals surface area contributed by atoms with E-state index in [1.165, 1.54) is 11.1 Å². The van der Waals surface area contributed by atoms with E-state index in [2.05, 4.69) is 156 Å². The summed E-state index contributed by atoms with van der Waals surface area (Å²) in [4.78, 5) is 17.2. The summed E-state index contributed by atoms with van der Waals surface area (Å²) in [6.45, 7) is 45.1. The Morgan fingerprint density at radius 3 is 1.89 bits per heavy atom. The summed E-state index contributed by atoms with van der Waals surface area (Å²) in [5.41, 5.74) is 6.91. The fourth-order valence-corrected chi connectivity index (χ4v) is 8.50. The second-order valence-electron chi connectivity index (χ2n) is 17.9. The molecular formula is C49H84N4O. The Morgan fingerprint density at radius 1 is 0.796 bits per heavy atom. The lowest BCUT2D eigenvalue weighted by molar-refractivity contribution is -0.118. The summed E-state index contributed by atoms with van der Waals surface area (Å²) < 4.78 is 0. The summed E-state index contributed by atoms with van der Waals surface area (Å²) in [5, 5.41) is 7.31. The highest BCUT2D eigenvalue weighted by atomic mass is 16.1. The molecule has 0 saturated heterocycles. The summed E-state index contributed by atoms with van der Waals surface area (Å²) >= 11 is 0. The molecule has 0 aliphatic rings. The second-order valence-corrected chi connectivity index (χ2v) is 17.9. The number of hydrogen-bond acceptors (Lipinski definition) is 5. The minimum atomic E-state index is -0.252. The third-order valence-electron chi connectivity index (χ3n) is 12.3. The molecule has 9 atom stereocenters. The van der Waals surface area contributed by atoms with Gasteiger partial charge in [-0.05, 0) is 101 Å². The number of allylic oxidation sites excluding steroid dienone is 4. The first-order valence-electron chi connectivity index (χ1n) is 21.0. The molecule has 2 N–H and O–H groups in total. The van der Waals surface area contributed by atoms with Crippen molar-refractivity contribution in [1.82, 2.24) is 20.4 Å². The lowest BCUT2D eigenvalue weighted by atomic mass is 9.80. The van der Waals surface area contributed by atoms with Crippen LogP contribution in [-0.2, 0) is 11.2 Å². The number of likely N-dealkylation sites (N-methyl/N-ethyl adjacent to an activating group) is 2. The third-order valence-corrected chi connectivity index (χ3v) is 12.3. The Balaban J connectivity index is 2.85. The van der Waals surface area contributed by atoms with E-state index in [4.69, 9.17) is 6.58 Å². The smallest absolute Gasteiger partial charge is 0.152 e. The number of nitrogens with one attached hydrogen (secondary N) is 2. The highest BCUT2D eigenvalue weighted by Gasteiger charge is 2.32. The molecule has 1 unspecified atom stereocenters. The van der Waals surface area contributed by atoms with Crippen molar-refractivity contribution in [1.29, 1.82) is 0 Å². The van der Waals surface area contributed by atoms with Gasteiger partial charge in [0.2, 0.25) is 0 Å². The van der Waals surface area contributed by atoms with E-state index in [-0.39, 0.29) is 29.8 Å². The van der Waals surface area contributed by atoms with Crippen LogP contribution in [0.3, 0.4) is 0 Å². The summed E-state index contributed by atoms with van der Waals surface area (Å²) in [5.74, 6) is 3.16. The molecule has 1 aromatic rings. The lowest BCUT2D eigenvalue weighted by Gasteiger charge is -2.43. The zero-order valence-corrected chi connectivity index (χ0v) is 37.7. The van der Waals surface area contributed by atoms with Gasteiger partial charge in [-0.25, -0.2) is 0 Å². The number of nitrogens with zero attached hydrogens (tertiary/aromatic N) is 2. The monoisotopic (exact) mass is 745 g/mol. The van der Waals surface area contributed by atoms with Gasteiger partial charge in [0.05, 0.1) is 18.1 Å². The van der Waals surface area contributed by atoms with E-state index in [0.29, 0.717) is 48.0 Å². The predicted octanol–water partition coefficient (Wildman–Crippen LogP) is 11.5. The molecule has 5 heteroatoms. The number of carbonyl (C=O) groups is 1. The van der Waals surface area contributed by atoms with Gasteiger partial charge in [-0.3, -0.25) is 4.79 Å². The molecule has 1 rings (SSSR count). The molecule has 1 aromatic carbocycles. The van der Waals surface area contributed by atoms with Crippen LogP contribution in [0.5, 0.6) is 0 Å². The van der Waals surface area contributed by atoms with E-state index in [9.17, 15) is 4.79 Å². The Morgan fingerprint density at radius 2 is 1.39 bits per heavy atom. The number of rotatable bonds is 27. The summed E-state index contributed by atoms with van der Waals surface area (Å²) in [6, 6.07) is 10.7. The highest BCUT2D eigenvalue weighted by Crippen LogP contribution is 2.32. The number of benzene rings is 1. The fraction of sp³-hybridized carbons (Fsp3) is 0.653. The molecule has 0 aromatic heterocycles. The second kappa shape index (κ2) is 23.8. The average Bonchev–Trinajstić information content (AvgIpc) is 3.08. The Hall–Kier alpha value is -3.05. The number of carbonyl (C=O) groups excluding carboxylic acids is 1. The lowest BCUT2D eigenvalue weighted by Crippen LogP contribution is -2.50. The van der Waals surface area contributed by atoms with E-state index >= 15 is 0 Å². The van der Waals surface area contributed by atoms with Gasteiger partial charge in [0, 0.05) is 30.2 Å². The minimum absolute atomic E-state index is 0.104. The number of hydrogen-bond donors (Lipinski definition) is 2. The normalized spacial score (nSPS) is 17.2. The highest BCUT2D eigenvalue weighted by molar-refractivity contribution is 5.82. The van der Waals surface area contributed by atoms with Gasteiger partial charge in [-0.1, -0.05) is 156 Å². The molecule has 306 valence electrons. The minimum Gasteiger partial charge on any atom is -0.379 e. The van der Waals surface area contributed by atoms with Gasteiger partial charge in [0.1, 0.15) is 0 Å². The maximum atomic E-state index is 12.5. The molecule has 0 spiro atoms. The maximum Gasteiger partial charge on any atom is 0.152 e. The van der Waals surface area contributed by atoms with Gasteiger partial charge in [-0.2, -0.15) is 0 Å². The summed E-state index contributed by atoms with van der Waals surface area (Å²) in [7, 11) is 6.51. The van der Waals surface area contributed by atoms with Gasteiger partial charge in [0.15, 0.2) is 5.78 Å².